The Hall–Kier alpha value is -2.75. The Morgan fingerprint density at radius 2 is 1.88 bits per heavy atom. The van der Waals surface area contributed by atoms with Gasteiger partial charge in [0.2, 0.25) is 0 Å². The fourth-order valence-corrected chi connectivity index (χ4v) is 3.96. The Bertz CT molecular complexity index is 1090. The molecule has 0 aliphatic carbocycles. The van der Waals surface area contributed by atoms with Gasteiger partial charge in [-0.05, 0) is 49.9 Å². The molecule has 0 unspecified atom stereocenters. The number of pyridine rings is 1. The monoisotopic (exact) mass is 528 g/mol. The maximum absolute atomic E-state index is 12.4. The SMILES string of the molecule is CCOc1cc(/C=N/Nc2c(Cl)c(Cl)nc(C(=O)O)c2Cl)ccc1OCC(=O)N1CCCCC1. The van der Waals surface area contributed by atoms with Crippen LogP contribution in [0.5, 0.6) is 11.5 Å². The molecule has 0 spiro atoms. The van der Waals surface area contributed by atoms with Crippen molar-refractivity contribution in [3.05, 3.63) is 44.7 Å². The summed E-state index contributed by atoms with van der Waals surface area (Å²) < 4.78 is 11.4. The molecule has 0 radical (unpaired) electrons. The average molecular weight is 530 g/mol. The largest absolute Gasteiger partial charge is 0.490 e. The van der Waals surface area contributed by atoms with E-state index in [2.05, 4.69) is 15.5 Å². The van der Waals surface area contributed by atoms with Crippen molar-refractivity contribution in [3.8, 4) is 11.5 Å². The molecule has 2 N–H and O–H groups in total. The number of aromatic carboxylic acids is 1. The Morgan fingerprint density at radius 3 is 2.56 bits per heavy atom. The van der Waals surface area contributed by atoms with E-state index < -0.39 is 11.7 Å². The van der Waals surface area contributed by atoms with Crippen molar-refractivity contribution >= 4 is 58.6 Å². The molecule has 1 aromatic heterocycles. The third-order valence-electron chi connectivity index (χ3n) is 4.96. The number of hydrazone groups is 1. The molecule has 0 bridgehead atoms. The third-order valence-corrected chi connectivity index (χ3v) is 6.06. The summed E-state index contributed by atoms with van der Waals surface area (Å²) in [7, 11) is 0. The van der Waals surface area contributed by atoms with Crippen LogP contribution in [0.25, 0.3) is 0 Å². The van der Waals surface area contributed by atoms with E-state index in [9.17, 15) is 14.7 Å². The summed E-state index contributed by atoms with van der Waals surface area (Å²) in [6.45, 7) is 3.68. The highest BCUT2D eigenvalue weighted by molar-refractivity contribution is 6.46. The zero-order valence-corrected chi connectivity index (χ0v) is 20.6. The molecule has 3 rings (SSSR count). The van der Waals surface area contributed by atoms with Gasteiger partial charge in [-0.25, -0.2) is 9.78 Å². The van der Waals surface area contributed by atoms with E-state index in [-0.39, 0.29) is 33.4 Å². The molecular formula is C22H23Cl3N4O5. The number of hydrogen-bond donors (Lipinski definition) is 2. The molecule has 0 atom stereocenters. The number of rotatable bonds is 9. The van der Waals surface area contributed by atoms with E-state index in [4.69, 9.17) is 44.3 Å². The molecule has 0 saturated carbocycles. The van der Waals surface area contributed by atoms with Crippen molar-refractivity contribution in [1.82, 2.24) is 9.88 Å². The maximum atomic E-state index is 12.4. The predicted molar refractivity (Wildman–Crippen MR) is 131 cm³/mol. The van der Waals surface area contributed by atoms with Gasteiger partial charge in [-0.15, -0.1) is 0 Å². The van der Waals surface area contributed by atoms with Crippen molar-refractivity contribution in [3.63, 3.8) is 0 Å². The third kappa shape index (κ3) is 6.43. The topological polar surface area (TPSA) is 113 Å². The number of benzene rings is 1. The molecule has 1 amide bonds. The first-order chi connectivity index (χ1) is 16.3. The van der Waals surface area contributed by atoms with Crippen LogP contribution in [0.4, 0.5) is 5.69 Å². The Kier molecular flexibility index (Phi) is 9.20. The zero-order chi connectivity index (χ0) is 24.7. The van der Waals surface area contributed by atoms with Crippen LogP contribution < -0.4 is 14.9 Å². The van der Waals surface area contributed by atoms with Crippen LogP contribution in [0.3, 0.4) is 0 Å². The number of piperidine rings is 1. The van der Waals surface area contributed by atoms with Crippen LogP contribution in [-0.2, 0) is 4.79 Å². The minimum absolute atomic E-state index is 0.0122. The second-order valence-corrected chi connectivity index (χ2v) is 8.41. The minimum Gasteiger partial charge on any atom is -0.490 e. The highest BCUT2D eigenvalue weighted by Gasteiger charge is 2.21. The molecule has 1 aliphatic heterocycles. The van der Waals surface area contributed by atoms with Crippen molar-refractivity contribution in [2.75, 3.05) is 31.7 Å². The zero-order valence-electron chi connectivity index (χ0n) is 18.3. The van der Waals surface area contributed by atoms with Gasteiger partial charge < -0.3 is 19.5 Å². The first kappa shape index (κ1) is 25.9. The number of ether oxygens (including phenoxy) is 2. The molecule has 2 aromatic rings. The van der Waals surface area contributed by atoms with Gasteiger partial charge in [0.1, 0.15) is 10.0 Å². The van der Waals surface area contributed by atoms with Crippen LogP contribution in [-0.4, -0.2) is 59.4 Å². The van der Waals surface area contributed by atoms with Gasteiger partial charge in [0.15, 0.2) is 29.0 Å². The fraction of sp³-hybridized carbons (Fsp3) is 0.364. The summed E-state index contributed by atoms with van der Waals surface area (Å²) in [5, 5.41) is 12.8. The normalized spacial score (nSPS) is 13.7. The number of amides is 1. The number of aromatic nitrogens is 1. The highest BCUT2D eigenvalue weighted by Crippen LogP contribution is 2.37. The van der Waals surface area contributed by atoms with Crippen molar-refractivity contribution in [2.24, 2.45) is 5.10 Å². The lowest BCUT2D eigenvalue weighted by Crippen LogP contribution is -2.38. The fourth-order valence-electron chi connectivity index (χ4n) is 3.29. The lowest BCUT2D eigenvalue weighted by molar-refractivity contribution is -0.134. The van der Waals surface area contributed by atoms with E-state index in [0.717, 1.165) is 32.4 Å². The number of carboxylic acids is 1. The summed E-state index contributed by atoms with van der Waals surface area (Å²) in [5.74, 6) is -0.515. The Balaban J connectivity index is 1.71. The van der Waals surface area contributed by atoms with Crippen LogP contribution >= 0.6 is 34.8 Å². The van der Waals surface area contributed by atoms with Crippen molar-refractivity contribution in [1.29, 1.82) is 0 Å². The van der Waals surface area contributed by atoms with Crippen molar-refractivity contribution in [2.45, 2.75) is 26.2 Å². The first-order valence-corrected chi connectivity index (χ1v) is 11.7. The highest BCUT2D eigenvalue weighted by atomic mass is 35.5. The second-order valence-electron chi connectivity index (χ2n) is 7.30. The number of nitrogens with zero attached hydrogens (tertiary/aromatic N) is 3. The number of carbonyl (C=O) groups is 2. The molecule has 1 aromatic carbocycles. The number of hydrogen-bond acceptors (Lipinski definition) is 7. The summed E-state index contributed by atoms with van der Waals surface area (Å²) in [4.78, 5) is 29.1. The minimum atomic E-state index is -1.36. The van der Waals surface area contributed by atoms with Crippen molar-refractivity contribution < 1.29 is 24.2 Å². The van der Waals surface area contributed by atoms with Crippen LogP contribution in [0.15, 0.2) is 23.3 Å². The van der Waals surface area contributed by atoms with E-state index in [0.29, 0.717) is 23.7 Å². The molecule has 1 aliphatic rings. The van der Waals surface area contributed by atoms with E-state index in [1.54, 1.807) is 18.2 Å². The van der Waals surface area contributed by atoms with E-state index in [1.807, 2.05) is 11.8 Å². The van der Waals surface area contributed by atoms with E-state index >= 15 is 0 Å². The Labute approximate surface area is 211 Å². The molecule has 12 heteroatoms. The number of nitrogens with one attached hydrogen (secondary N) is 1. The average Bonchev–Trinajstić information content (AvgIpc) is 2.83. The molecular weight excluding hydrogens is 507 g/mol. The van der Waals surface area contributed by atoms with Gasteiger partial charge in [0, 0.05) is 13.1 Å². The number of likely N-dealkylation sites (tertiary alicyclic amines) is 1. The summed E-state index contributed by atoms with van der Waals surface area (Å²) in [6, 6.07) is 5.10. The summed E-state index contributed by atoms with van der Waals surface area (Å²) >= 11 is 18.1. The molecule has 2 heterocycles. The summed E-state index contributed by atoms with van der Waals surface area (Å²) in [6.07, 6.45) is 4.62. The second kappa shape index (κ2) is 12.1. The van der Waals surface area contributed by atoms with Gasteiger partial charge in [-0.1, -0.05) is 34.8 Å². The molecule has 182 valence electrons. The quantitative estimate of drug-likeness (QED) is 0.268. The summed E-state index contributed by atoms with van der Waals surface area (Å²) in [5.41, 5.74) is 2.80. The maximum Gasteiger partial charge on any atom is 0.356 e. The first-order valence-electron chi connectivity index (χ1n) is 10.6. The van der Waals surface area contributed by atoms with E-state index in [1.165, 1.54) is 6.21 Å². The predicted octanol–water partition coefficient (Wildman–Crippen LogP) is 4.98. The smallest absolute Gasteiger partial charge is 0.356 e. The van der Waals surface area contributed by atoms with Gasteiger partial charge in [-0.3, -0.25) is 10.2 Å². The number of carboxylic acid groups (broad SMARTS) is 1. The number of carbonyl (C=O) groups excluding carboxylic acids is 1. The van der Waals surface area contributed by atoms with Gasteiger partial charge in [-0.2, -0.15) is 5.10 Å². The lowest BCUT2D eigenvalue weighted by atomic mass is 10.1. The number of anilines is 1. The van der Waals surface area contributed by atoms with Gasteiger partial charge >= 0.3 is 5.97 Å². The van der Waals surface area contributed by atoms with Crippen LogP contribution in [0, 0.1) is 0 Å². The van der Waals surface area contributed by atoms with Crippen LogP contribution in [0.2, 0.25) is 15.2 Å². The molecule has 1 saturated heterocycles. The Morgan fingerprint density at radius 1 is 1.15 bits per heavy atom. The van der Waals surface area contributed by atoms with Gasteiger partial charge in [0.25, 0.3) is 5.91 Å². The molecule has 1 fully saturated rings. The standard InChI is InChI=1S/C22H23Cl3N4O5/c1-2-33-15-10-13(6-7-14(15)34-12-16(30)29-8-4-3-5-9-29)11-26-28-19-17(23)20(22(31)32)27-21(25)18(19)24/h6-7,10-11H,2-5,8-9,12H2,1H3,(H,27,28)(H,31,32)/b26-11+. The molecule has 9 nitrogen and oxygen atoms in total. The van der Waals surface area contributed by atoms with Crippen LogP contribution in [0.1, 0.15) is 42.2 Å². The molecule has 34 heavy (non-hydrogen) atoms. The van der Waals surface area contributed by atoms with Gasteiger partial charge in [0.05, 0.1) is 18.5 Å². The number of halogens is 3. The lowest BCUT2D eigenvalue weighted by Gasteiger charge is -2.26.